The average Bonchev–Trinajstić information content (AvgIpc) is 2.45. The van der Waals surface area contributed by atoms with Crippen LogP contribution in [0.5, 0.6) is 0 Å². The van der Waals surface area contributed by atoms with E-state index in [1.165, 1.54) is 12.8 Å². The van der Waals surface area contributed by atoms with Crippen LogP contribution in [0.1, 0.15) is 66.2 Å². The van der Waals surface area contributed by atoms with Gasteiger partial charge in [-0.05, 0) is 52.4 Å². The van der Waals surface area contributed by atoms with Crippen molar-refractivity contribution in [1.82, 2.24) is 10.2 Å². The molecule has 132 valence electrons. The molecule has 0 radical (unpaired) electrons. The molecule has 0 aromatic rings. The Morgan fingerprint density at radius 1 is 1.09 bits per heavy atom. The second-order valence-corrected chi connectivity index (χ2v) is 8.22. The van der Waals surface area contributed by atoms with Crippen LogP contribution in [-0.2, 0) is 9.53 Å². The molecule has 1 aliphatic heterocycles. The number of nitrogens with zero attached hydrogens (tertiary/aromatic N) is 1. The van der Waals surface area contributed by atoms with Gasteiger partial charge in [0.05, 0.1) is 0 Å². The van der Waals surface area contributed by atoms with Crippen molar-refractivity contribution in [2.45, 2.75) is 77.9 Å². The van der Waals surface area contributed by atoms with Gasteiger partial charge in [0.2, 0.25) is 5.91 Å². The third-order valence-electron chi connectivity index (χ3n) is 4.80. The lowest BCUT2D eigenvalue weighted by atomic mass is 9.86. The van der Waals surface area contributed by atoms with Crippen molar-refractivity contribution in [3.05, 3.63) is 0 Å². The second kappa shape index (κ2) is 7.54. The summed E-state index contributed by atoms with van der Waals surface area (Å²) in [5.74, 6) is 0.918. The summed E-state index contributed by atoms with van der Waals surface area (Å²) in [6.07, 6.45) is 5.89. The molecule has 0 spiro atoms. The molecule has 2 fully saturated rings. The van der Waals surface area contributed by atoms with E-state index in [4.69, 9.17) is 4.74 Å². The van der Waals surface area contributed by atoms with E-state index in [-0.39, 0.29) is 17.9 Å². The summed E-state index contributed by atoms with van der Waals surface area (Å²) in [7, 11) is 0. The highest BCUT2D eigenvalue weighted by molar-refractivity contribution is 5.79. The molecule has 1 saturated heterocycles. The zero-order valence-electron chi connectivity index (χ0n) is 15.1. The largest absolute Gasteiger partial charge is 0.444 e. The molecule has 2 unspecified atom stereocenters. The third kappa shape index (κ3) is 5.70. The van der Waals surface area contributed by atoms with E-state index in [1.54, 1.807) is 4.90 Å². The Labute approximate surface area is 140 Å². The first-order valence-electron chi connectivity index (χ1n) is 9.03. The van der Waals surface area contributed by atoms with Crippen LogP contribution in [0.2, 0.25) is 0 Å². The molecular formula is C18H32N2O3. The van der Waals surface area contributed by atoms with Crippen molar-refractivity contribution in [2.75, 3.05) is 13.1 Å². The van der Waals surface area contributed by atoms with Crippen molar-refractivity contribution in [3.63, 3.8) is 0 Å². The van der Waals surface area contributed by atoms with E-state index in [0.717, 1.165) is 25.7 Å². The summed E-state index contributed by atoms with van der Waals surface area (Å²) in [4.78, 5) is 26.2. The molecule has 5 heteroatoms. The summed E-state index contributed by atoms with van der Waals surface area (Å²) in [6.45, 7) is 9.09. The maximum atomic E-state index is 12.4. The molecular weight excluding hydrogens is 292 g/mol. The molecule has 1 aliphatic carbocycles. The number of nitrogens with one attached hydrogen (secondary N) is 1. The molecule has 0 aromatic carbocycles. The van der Waals surface area contributed by atoms with Gasteiger partial charge in [0.15, 0.2) is 0 Å². The first kappa shape index (κ1) is 18.1. The van der Waals surface area contributed by atoms with E-state index in [2.05, 4.69) is 12.2 Å². The molecule has 5 nitrogen and oxygen atoms in total. The highest BCUT2D eigenvalue weighted by Crippen LogP contribution is 2.25. The van der Waals surface area contributed by atoms with Crippen LogP contribution in [0.15, 0.2) is 0 Å². The van der Waals surface area contributed by atoms with Gasteiger partial charge in [0.1, 0.15) is 5.60 Å². The number of carbonyl (C=O) groups is 2. The Morgan fingerprint density at radius 3 is 2.30 bits per heavy atom. The first-order valence-corrected chi connectivity index (χ1v) is 9.03. The van der Waals surface area contributed by atoms with Crippen LogP contribution in [0, 0.1) is 11.8 Å². The lowest BCUT2D eigenvalue weighted by molar-refractivity contribution is -0.127. The highest BCUT2D eigenvalue weighted by atomic mass is 16.6. The summed E-state index contributed by atoms with van der Waals surface area (Å²) in [5.41, 5.74) is -0.469. The van der Waals surface area contributed by atoms with Gasteiger partial charge in [-0.3, -0.25) is 4.79 Å². The SMILES string of the molecule is CC1CCCC(NC(=O)C2CCN(C(=O)OC(C)(C)C)CC2)C1. The van der Waals surface area contributed by atoms with Crippen molar-refractivity contribution in [3.8, 4) is 0 Å². The number of piperidine rings is 1. The molecule has 2 amide bonds. The number of likely N-dealkylation sites (tertiary alicyclic amines) is 1. The molecule has 1 saturated carbocycles. The fourth-order valence-electron chi connectivity index (χ4n) is 3.53. The normalized spacial score (nSPS) is 26.7. The molecule has 2 rings (SSSR count). The lowest BCUT2D eigenvalue weighted by Crippen LogP contribution is -2.47. The number of hydrogen-bond donors (Lipinski definition) is 1. The number of hydrogen-bond acceptors (Lipinski definition) is 3. The van der Waals surface area contributed by atoms with E-state index in [9.17, 15) is 9.59 Å². The standard InChI is InChI=1S/C18H32N2O3/c1-13-6-5-7-15(12-13)19-16(21)14-8-10-20(11-9-14)17(22)23-18(2,3)4/h13-15H,5-12H2,1-4H3,(H,19,21). The fourth-order valence-corrected chi connectivity index (χ4v) is 3.53. The molecule has 0 aromatic heterocycles. The number of ether oxygens (including phenoxy) is 1. The Kier molecular flexibility index (Phi) is 5.93. The summed E-state index contributed by atoms with van der Waals surface area (Å²) in [5, 5.41) is 3.23. The number of carbonyl (C=O) groups excluding carboxylic acids is 2. The number of rotatable bonds is 2. The Morgan fingerprint density at radius 2 is 1.74 bits per heavy atom. The third-order valence-corrected chi connectivity index (χ3v) is 4.80. The van der Waals surface area contributed by atoms with Crippen molar-refractivity contribution in [1.29, 1.82) is 0 Å². The molecule has 23 heavy (non-hydrogen) atoms. The summed E-state index contributed by atoms with van der Waals surface area (Å²) < 4.78 is 5.39. The van der Waals surface area contributed by atoms with Crippen LogP contribution < -0.4 is 5.32 Å². The van der Waals surface area contributed by atoms with Crippen molar-refractivity contribution >= 4 is 12.0 Å². The maximum Gasteiger partial charge on any atom is 0.410 e. The van der Waals surface area contributed by atoms with Crippen LogP contribution in [-0.4, -0.2) is 41.6 Å². The minimum atomic E-state index is -0.469. The topological polar surface area (TPSA) is 58.6 Å². The van der Waals surface area contributed by atoms with E-state index in [1.807, 2.05) is 20.8 Å². The quantitative estimate of drug-likeness (QED) is 0.847. The van der Waals surface area contributed by atoms with Gasteiger partial charge in [0.25, 0.3) is 0 Å². The van der Waals surface area contributed by atoms with Gasteiger partial charge in [0, 0.05) is 25.0 Å². The fraction of sp³-hybridized carbons (Fsp3) is 0.889. The predicted molar refractivity (Wildman–Crippen MR) is 90.1 cm³/mol. The van der Waals surface area contributed by atoms with Crippen LogP contribution >= 0.6 is 0 Å². The minimum absolute atomic E-state index is 0.0333. The summed E-state index contributed by atoms with van der Waals surface area (Å²) >= 11 is 0. The van der Waals surface area contributed by atoms with Gasteiger partial charge >= 0.3 is 6.09 Å². The smallest absolute Gasteiger partial charge is 0.410 e. The van der Waals surface area contributed by atoms with Crippen LogP contribution in [0.3, 0.4) is 0 Å². The van der Waals surface area contributed by atoms with E-state index >= 15 is 0 Å². The molecule has 1 N–H and O–H groups in total. The summed E-state index contributed by atoms with van der Waals surface area (Å²) in [6, 6.07) is 0.343. The van der Waals surface area contributed by atoms with Crippen molar-refractivity contribution < 1.29 is 14.3 Å². The molecule has 2 aliphatic rings. The molecule has 2 atom stereocenters. The first-order chi connectivity index (χ1) is 10.7. The Balaban J connectivity index is 1.75. The van der Waals surface area contributed by atoms with E-state index < -0.39 is 5.60 Å². The zero-order valence-corrected chi connectivity index (χ0v) is 15.1. The molecule has 1 heterocycles. The monoisotopic (exact) mass is 324 g/mol. The second-order valence-electron chi connectivity index (χ2n) is 8.22. The number of amides is 2. The Hall–Kier alpha value is -1.26. The van der Waals surface area contributed by atoms with Crippen molar-refractivity contribution in [2.24, 2.45) is 11.8 Å². The van der Waals surface area contributed by atoms with Gasteiger partial charge in [-0.25, -0.2) is 4.79 Å². The predicted octanol–water partition coefficient (Wildman–Crippen LogP) is 3.33. The van der Waals surface area contributed by atoms with E-state index in [0.29, 0.717) is 25.0 Å². The average molecular weight is 324 g/mol. The van der Waals surface area contributed by atoms with Crippen LogP contribution in [0.25, 0.3) is 0 Å². The molecule has 0 bridgehead atoms. The van der Waals surface area contributed by atoms with Gasteiger partial charge in [-0.1, -0.05) is 19.8 Å². The van der Waals surface area contributed by atoms with Crippen LogP contribution in [0.4, 0.5) is 4.79 Å². The van der Waals surface area contributed by atoms with Gasteiger partial charge in [-0.2, -0.15) is 0 Å². The van der Waals surface area contributed by atoms with Gasteiger partial charge in [-0.15, -0.1) is 0 Å². The zero-order chi connectivity index (χ0) is 17.0. The highest BCUT2D eigenvalue weighted by Gasteiger charge is 2.31. The maximum absolute atomic E-state index is 12.4. The van der Waals surface area contributed by atoms with Gasteiger partial charge < -0.3 is 15.0 Å². The minimum Gasteiger partial charge on any atom is -0.444 e. The Bertz CT molecular complexity index is 422. The lowest BCUT2D eigenvalue weighted by Gasteiger charge is -2.34.